The normalized spacial score (nSPS) is 11.8. The van der Waals surface area contributed by atoms with E-state index in [4.69, 9.17) is 14.7 Å². The second-order valence-corrected chi connectivity index (χ2v) is 7.11. The van der Waals surface area contributed by atoms with Crippen molar-refractivity contribution >= 4 is 10.0 Å². The average Bonchev–Trinajstić information content (AvgIpc) is 2.54. The van der Waals surface area contributed by atoms with Crippen LogP contribution in [0.5, 0.6) is 0 Å². The molecule has 0 heterocycles. The third kappa shape index (κ3) is 5.92. The Hall–Kier alpha value is -1.46. The predicted molar refractivity (Wildman–Crippen MR) is 87.2 cm³/mol. The molecule has 7 heteroatoms. The highest BCUT2D eigenvalue weighted by Gasteiger charge is 2.24. The summed E-state index contributed by atoms with van der Waals surface area (Å²) in [6, 6.07) is 8.79. The first-order valence-electron chi connectivity index (χ1n) is 7.45. The highest BCUT2D eigenvalue weighted by atomic mass is 32.2. The molecule has 0 saturated heterocycles. The van der Waals surface area contributed by atoms with Gasteiger partial charge in [-0.3, -0.25) is 0 Å². The van der Waals surface area contributed by atoms with Crippen molar-refractivity contribution in [2.75, 3.05) is 27.3 Å². The number of aryl methyl sites for hydroxylation is 1. The molecule has 0 saturated carbocycles. The van der Waals surface area contributed by atoms with Crippen molar-refractivity contribution in [1.82, 2.24) is 4.31 Å². The van der Waals surface area contributed by atoms with E-state index < -0.39 is 16.3 Å². The predicted octanol–water partition coefficient (Wildman–Crippen LogP) is 2.30. The van der Waals surface area contributed by atoms with Gasteiger partial charge in [-0.2, -0.15) is 9.57 Å². The number of hydrogen-bond donors (Lipinski definition) is 0. The maximum Gasteiger partial charge on any atom is 0.243 e. The molecule has 0 spiro atoms. The van der Waals surface area contributed by atoms with Gasteiger partial charge in [-0.05, 0) is 25.5 Å². The Balaban J connectivity index is 2.92. The lowest BCUT2D eigenvalue weighted by atomic mass is 10.2. The Kier molecular flexibility index (Phi) is 8.20. The first-order chi connectivity index (χ1) is 11.0. The third-order valence-electron chi connectivity index (χ3n) is 3.49. The van der Waals surface area contributed by atoms with Gasteiger partial charge in [0.25, 0.3) is 0 Å². The second kappa shape index (κ2) is 9.63. The Labute approximate surface area is 138 Å². The lowest BCUT2D eigenvalue weighted by Gasteiger charge is -2.24. The summed E-state index contributed by atoms with van der Waals surface area (Å²) < 4.78 is 37.2. The van der Waals surface area contributed by atoms with E-state index >= 15 is 0 Å². The molecule has 6 nitrogen and oxygen atoms in total. The van der Waals surface area contributed by atoms with Gasteiger partial charge >= 0.3 is 0 Å². The molecule has 0 aromatic heterocycles. The number of nitriles is 1. The molecule has 0 bridgehead atoms. The molecule has 0 aliphatic rings. The number of benzene rings is 1. The standard InChI is InChI=1S/C16H24N2O4S/c1-14-6-8-15(9-7-14)23(19,20)18(12-5-4-11-17)13-10-16(21-2)22-3/h6-9,16H,4-5,10,12-13H2,1-3H3. The molecule has 1 rings (SSSR count). The fraction of sp³-hybridized carbons (Fsp3) is 0.562. The van der Waals surface area contributed by atoms with Gasteiger partial charge in [0.1, 0.15) is 0 Å². The number of nitrogens with zero attached hydrogens (tertiary/aromatic N) is 2. The molecule has 23 heavy (non-hydrogen) atoms. The van der Waals surface area contributed by atoms with Crippen LogP contribution in [0, 0.1) is 18.3 Å². The summed E-state index contributed by atoms with van der Waals surface area (Å²) in [6.45, 7) is 2.47. The van der Waals surface area contributed by atoms with Crippen molar-refractivity contribution in [3.63, 3.8) is 0 Å². The Morgan fingerprint density at radius 2 is 1.78 bits per heavy atom. The number of hydrogen-bond acceptors (Lipinski definition) is 5. The smallest absolute Gasteiger partial charge is 0.243 e. The van der Waals surface area contributed by atoms with Gasteiger partial charge in [-0.1, -0.05) is 17.7 Å². The number of sulfonamides is 1. The van der Waals surface area contributed by atoms with E-state index in [1.807, 2.05) is 13.0 Å². The monoisotopic (exact) mass is 340 g/mol. The van der Waals surface area contributed by atoms with Crippen LogP contribution in [0.15, 0.2) is 29.2 Å². The van der Waals surface area contributed by atoms with E-state index in [0.29, 0.717) is 25.8 Å². The molecular weight excluding hydrogens is 316 g/mol. The van der Waals surface area contributed by atoms with Gasteiger partial charge in [0, 0.05) is 40.2 Å². The van der Waals surface area contributed by atoms with Crippen LogP contribution in [0.1, 0.15) is 24.8 Å². The van der Waals surface area contributed by atoms with Crippen molar-refractivity contribution in [3.8, 4) is 6.07 Å². The number of ether oxygens (including phenoxy) is 2. The summed E-state index contributed by atoms with van der Waals surface area (Å²) in [7, 11) is -0.565. The topological polar surface area (TPSA) is 79.6 Å². The molecule has 0 unspecified atom stereocenters. The molecule has 0 aliphatic heterocycles. The maximum absolute atomic E-state index is 12.8. The Bertz CT molecular complexity index is 604. The van der Waals surface area contributed by atoms with E-state index in [2.05, 4.69) is 0 Å². The largest absolute Gasteiger partial charge is 0.356 e. The van der Waals surface area contributed by atoms with Gasteiger partial charge < -0.3 is 9.47 Å². The van der Waals surface area contributed by atoms with Gasteiger partial charge in [0.05, 0.1) is 11.0 Å². The summed E-state index contributed by atoms with van der Waals surface area (Å²) in [5, 5.41) is 8.67. The van der Waals surface area contributed by atoms with E-state index in [9.17, 15) is 8.42 Å². The van der Waals surface area contributed by atoms with Crippen LogP contribution >= 0.6 is 0 Å². The molecule has 0 fully saturated rings. The molecule has 1 aromatic rings. The SMILES string of the molecule is COC(CCN(CCCC#N)S(=O)(=O)c1ccc(C)cc1)OC. The van der Waals surface area contributed by atoms with Gasteiger partial charge in [0.2, 0.25) is 10.0 Å². The number of unbranched alkanes of at least 4 members (excludes halogenated alkanes) is 1. The van der Waals surface area contributed by atoms with Crippen molar-refractivity contribution < 1.29 is 17.9 Å². The molecule has 0 atom stereocenters. The highest BCUT2D eigenvalue weighted by molar-refractivity contribution is 7.89. The highest BCUT2D eigenvalue weighted by Crippen LogP contribution is 2.18. The first-order valence-corrected chi connectivity index (χ1v) is 8.89. The number of methoxy groups -OCH3 is 2. The third-order valence-corrected chi connectivity index (χ3v) is 5.41. The minimum absolute atomic E-state index is 0.256. The molecule has 0 N–H and O–H groups in total. The van der Waals surface area contributed by atoms with Crippen LogP contribution in [-0.4, -0.2) is 46.3 Å². The molecule has 0 aliphatic carbocycles. The summed E-state index contributed by atoms with van der Waals surface area (Å²) >= 11 is 0. The van der Waals surface area contributed by atoms with E-state index in [0.717, 1.165) is 5.56 Å². The van der Waals surface area contributed by atoms with E-state index in [1.165, 1.54) is 18.5 Å². The van der Waals surface area contributed by atoms with Gasteiger partial charge in [0.15, 0.2) is 6.29 Å². The molecular formula is C16H24N2O4S. The van der Waals surface area contributed by atoms with Crippen LogP contribution in [0.4, 0.5) is 0 Å². The fourth-order valence-corrected chi connectivity index (χ4v) is 3.62. The minimum atomic E-state index is -3.60. The number of rotatable bonds is 10. The summed E-state index contributed by atoms with van der Waals surface area (Å²) in [6.07, 6.45) is 0.774. The van der Waals surface area contributed by atoms with Crippen LogP contribution < -0.4 is 0 Å². The fourth-order valence-electron chi connectivity index (χ4n) is 2.13. The lowest BCUT2D eigenvalue weighted by Crippen LogP contribution is -2.35. The van der Waals surface area contributed by atoms with Crippen molar-refractivity contribution in [2.24, 2.45) is 0 Å². The summed E-state index contributed by atoms with van der Waals surface area (Å²) in [5.74, 6) is 0. The quantitative estimate of drug-likeness (QED) is 0.482. The molecule has 0 radical (unpaired) electrons. The van der Waals surface area contributed by atoms with Crippen LogP contribution in [0.2, 0.25) is 0 Å². The van der Waals surface area contributed by atoms with Gasteiger partial charge in [-0.25, -0.2) is 8.42 Å². The van der Waals surface area contributed by atoms with Gasteiger partial charge in [-0.15, -0.1) is 0 Å². The Morgan fingerprint density at radius 3 is 2.30 bits per heavy atom. The first kappa shape index (κ1) is 19.6. The van der Waals surface area contributed by atoms with Crippen molar-refractivity contribution in [2.45, 2.75) is 37.4 Å². The molecule has 1 aromatic carbocycles. The molecule has 128 valence electrons. The van der Waals surface area contributed by atoms with Crippen LogP contribution in [0.3, 0.4) is 0 Å². The van der Waals surface area contributed by atoms with Crippen LogP contribution in [0.25, 0.3) is 0 Å². The maximum atomic E-state index is 12.8. The summed E-state index contributed by atoms with van der Waals surface area (Å²) in [4.78, 5) is 0.256. The van der Waals surface area contributed by atoms with E-state index in [-0.39, 0.29) is 11.4 Å². The lowest BCUT2D eigenvalue weighted by molar-refractivity contribution is -0.107. The minimum Gasteiger partial charge on any atom is -0.356 e. The average molecular weight is 340 g/mol. The zero-order valence-electron chi connectivity index (χ0n) is 13.9. The summed E-state index contributed by atoms with van der Waals surface area (Å²) in [5.41, 5.74) is 0.999. The Morgan fingerprint density at radius 1 is 1.17 bits per heavy atom. The van der Waals surface area contributed by atoms with Crippen LogP contribution in [-0.2, 0) is 19.5 Å². The zero-order valence-corrected chi connectivity index (χ0v) is 14.7. The van der Waals surface area contributed by atoms with Crippen molar-refractivity contribution in [1.29, 1.82) is 5.26 Å². The van der Waals surface area contributed by atoms with Crippen molar-refractivity contribution in [3.05, 3.63) is 29.8 Å². The second-order valence-electron chi connectivity index (χ2n) is 5.17. The van der Waals surface area contributed by atoms with E-state index in [1.54, 1.807) is 24.3 Å². The zero-order chi connectivity index (χ0) is 17.3. The molecule has 0 amide bonds.